The number of halogens is 1. The van der Waals surface area contributed by atoms with Crippen molar-refractivity contribution >= 4 is 17.5 Å². The first kappa shape index (κ1) is 13.1. The van der Waals surface area contributed by atoms with E-state index < -0.39 is 5.82 Å². The first-order chi connectivity index (χ1) is 9.04. The molecule has 0 amide bonds. The average molecular weight is 262 g/mol. The van der Waals surface area contributed by atoms with Gasteiger partial charge in [0, 0.05) is 5.69 Å². The number of nitrogens with two attached hydrogens (primary N) is 1. The van der Waals surface area contributed by atoms with E-state index in [1.54, 1.807) is 0 Å². The lowest BCUT2D eigenvalue weighted by Crippen LogP contribution is -2.05. The molecule has 0 aliphatic rings. The third kappa shape index (κ3) is 3.54. The highest BCUT2D eigenvalue weighted by molar-refractivity contribution is 5.55. The summed E-state index contributed by atoms with van der Waals surface area (Å²) >= 11 is 0. The number of hydrogen-bond acceptors (Lipinski definition) is 5. The van der Waals surface area contributed by atoms with Crippen LogP contribution in [-0.2, 0) is 0 Å². The minimum absolute atomic E-state index is 0.124. The molecule has 0 aliphatic heterocycles. The molecule has 0 spiro atoms. The molecule has 19 heavy (non-hydrogen) atoms. The summed E-state index contributed by atoms with van der Waals surface area (Å²) < 4.78 is 18.4. The van der Waals surface area contributed by atoms with Crippen molar-refractivity contribution in [1.29, 1.82) is 0 Å². The van der Waals surface area contributed by atoms with Gasteiger partial charge in [-0.15, -0.1) is 0 Å². The summed E-state index contributed by atoms with van der Waals surface area (Å²) in [4.78, 5) is 7.58. The number of aromatic nitrogens is 2. The molecule has 2 rings (SSSR count). The quantitative estimate of drug-likeness (QED) is 0.886. The Bertz CT molecular complexity index is 557. The van der Waals surface area contributed by atoms with Crippen LogP contribution in [0, 0.1) is 5.82 Å². The Balaban J connectivity index is 2.08. The highest BCUT2D eigenvalue weighted by Gasteiger charge is 2.04. The SMILES string of the molecule is CC(C)Oc1ccc(Nc2ncc(F)c(N)n2)cc1. The summed E-state index contributed by atoms with van der Waals surface area (Å²) in [5.41, 5.74) is 6.13. The molecule has 0 fully saturated rings. The van der Waals surface area contributed by atoms with Crippen molar-refractivity contribution in [3.05, 3.63) is 36.3 Å². The molecule has 1 heterocycles. The molecule has 3 N–H and O–H groups in total. The van der Waals surface area contributed by atoms with E-state index in [-0.39, 0.29) is 17.9 Å². The highest BCUT2D eigenvalue weighted by atomic mass is 19.1. The maximum atomic E-state index is 12.9. The van der Waals surface area contributed by atoms with E-state index in [1.165, 1.54) is 0 Å². The fourth-order valence-corrected chi connectivity index (χ4v) is 1.46. The van der Waals surface area contributed by atoms with Crippen molar-refractivity contribution in [1.82, 2.24) is 9.97 Å². The molecule has 0 unspecified atom stereocenters. The third-order valence-electron chi connectivity index (χ3n) is 2.25. The van der Waals surface area contributed by atoms with Gasteiger partial charge >= 0.3 is 0 Å². The fraction of sp³-hybridized carbons (Fsp3) is 0.231. The molecule has 0 bridgehead atoms. The highest BCUT2D eigenvalue weighted by Crippen LogP contribution is 2.19. The van der Waals surface area contributed by atoms with Crippen LogP contribution in [0.15, 0.2) is 30.5 Å². The average Bonchev–Trinajstić information content (AvgIpc) is 2.36. The van der Waals surface area contributed by atoms with Gasteiger partial charge < -0.3 is 15.8 Å². The van der Waals surface area contributed by atoms with E-state index in [2.05, 4.69) is 15.3 Å². The number of hydrogen-bond donors (Lipinski definition) is 2. The largest absolute Gasteiger partial charge is 0.491 e. The van der Waals surface area contributed by atoms with E-state index in [0.717, 1.165) is 17.6 Å². The van der Waals surface area contributed by atoms with E-state index in [0.29, 0.717) is 0 Å². The number of rotatable bonds is 4. The number of nitrogens with one attached hydrogen (secondary N) is 1. The zero-order valence-corrected chi connectivity index (χ0v) is 10.7. The van der Waals surface area contributed by atoms with E-state index >= 15 is 0 Å². The molecule has 2 aromatic rings. The summed E-state index contributed by atoms with van der Waals surface area (Å²) in [6.07, 6.45) is 1.15. The minimum Gasteiger partial charge on any atom is -0.491 e. The van der Waals surface area contributed by atoms with E-state index in [1.807, 2.05) is 38.1 Å². The lowest BCUT2D eigenvalue weighted by atomic mass is 10.3. The Labute approximate surface area is 110 Å². The summed E-state index contributed by atoms with van der Waals surface area (Å²) in [5, 5.41) is 2.93. The van der Waals surface area contributed by atoms with Gasteiger partial charge in [-0.2, -0.15) is 4.98 Å². The second-order valence-corrected chi connectivity index (χ2v) is 4.24. The molecular formula is C13H15FN4O. The van der Waals surface area contributed by atoms with Gasteiger partial charge in [-0.3, -0.25) is 0 Å². The summed E-state index contributed by atoms with van der Waals surface area (Å²) in [6.45, 7) is 3.92. The predicted molar refractivity (Wildman–Crippen MR) is 71.9 cm³/mol. The van der Waals surface area contributed by atoms with Crippen LogP contribution in [0.2, 0.25) is 0 Å². The fourth-order valence-electron chi connectivity index (χ4n) is 1.46. The van der Waals surface area contributed by atoms with E-state index in [4.69, 9.17) is 10.5 Å². The monoisotopic (exact) mass is 262 g/mol. The Morgan fingerprint density at radius 3 is 2.53 bits per heavy atom. The van der Waals surface area contributed by atoms with Gasteiger partial charge in [-0.05, 0) is 38.1 Å². The molecule has 5 nitrogen and oxygen atoms in total. The number of anilines is 3. The van der Waals surface area contributed by atoms with Crippen molar-refractivity contribution in [2.75, 3.05) is 11.1 Å². The molecule has 1 aromatic carbocycles. The minimum atomic E-state index is -0.633. The van der Waals surface area contributed by atoms with Crippen LogP contribution >= 0.6 is 0 Å². The maximum absolute atomic E-state index is 12.9. The van der Waals surface area contributed by atoms with Gasteiger partial charge in [0.2, 0.25) is 5.95 Å². The lowest BCUT2D eigenvalue weighted by Gasteiger charge is -2.10. The van der Waals surface area contributed by atoms with Crippen molar-refractivity contribution in [2.24, 2.45) is 0 Å². The van der Waals surface area contributed by atoms with Crippen LogP contribution in [0.5, 0.6) is 5.75 Å². The van der Waals surface area contributed by atoms with Crippen molar-refractivity contribution < 1.29 is 9.13 Å². The van der Waals surface area contributed by atoms with Crippen molar-refractivity contribution in [3.63, 3.8) is 0 Å². The second kappa shape index (κ2) is 5.51. The second-order valence-electron chi connectivity index (χ2n) is 4.24. The zero-order valence-electron chi connectivity index (χ0n) is 10.7. The summed E-state index contributed by atoms with van der Waals surface area (Å²) in [6, 6.07) is 7.30. The molecule has 0 atom stereocenters. The van der Waals surface area contributed by atoms with Crippen LogP contribution in [0.25, 0.3) is 0 Å². The normalized spacial score (nSPS) is 10.5. The third-order valence-corrected chi connectivity index (χ3v) is 2.25. The zero-order chi connectivity index (χ0) is 13.8. The van der Waals surface area contributed by atoms with Gasteiger partial charge in [0.25, 0.3) is 0 Å². The smallest absolute Gasteiger partial charge is 0.229 e. The maximum Gasteiger partial charge on any atom is 0.229 e. The first-order valence-electron chi connectivity index (χ1n) is 5.86. The molecule has 1 aromatic heterocycles. The summed E-state index contributed by atoms with van der Waals surface area (Å²) in [5.74, 6) is 0.208. The molecule has 6 heteroatoms. The van der Waals surface area contributed by atoms with Gasteiger partial charge in [0.05, 0.1) is 12.3 Å². The number of nitrogen functional groups attached to an aromatic ring is 1. The van der Waals surface area contributed by atoms with Crippen LogP contribution in [0.3, 0.4) is 0 Å². The number of benzene rings is 1. The van der Waals surface area contributed by atoms with Crippen LogP contribution < -0.4 is 15.8 Å². The first-order valence-corrected chi connectivity index (χ1v) is 5.86. The van der Waals surface area contributed by atoms with Gasteiger partial charge in [-0.1, -0.05) is 0 Å². The summed E-state index contributed by atoms with van der Waals surface area (Å²) in [7, 11) is 0. The van der Waals surface area contributed by atoms with Gasteiger partial charge in [-0.25, -0.2) is 9.37 Å². The predicted octanol–water partition coefficient (Wildman–Crippen LogP) is 2.73. The van der Waals surface area contributed by atoms with E-state index in [9.17, 15) is 4.39 Å². The van der Waals surface area contributed by atoms with Gasteiger partial charge in [0.15, 0.2) is 11.6 Å². The molecule has 0 radical (unpaired) electrons. The Morgan fingerprint density at radius 2 is 1.95 bits per heavy atom. The van der Waals surface area contributed by atoms with Gasteiger partial charge in [0.1, 0.15) is 5.75 Å². The van der Waals surface area contributed by atoms with Crippen molar-refractivity contribution in [3.8, 4) is 5.75 Å². The van der Waals surface area contributed by atoms with Crippen LogP contribution in [-0.4, -0.2) is 16.1 Å². The number of ether oxygens (including phenoxy) is 1. The number of nitrogens with zero attached hydrogens (tertiary/aromatic N) is 2. The lowest BCUT2D eigenvalue weighted by molar-refractivity contribution is 0.242. The van der Waals surface area contributed by atoms with Crippen LogP contribution in [0.4, 0.5) is 21.8 Å². The topological polar surface area (TPSA) is 73.1 Å². The van der Waals surface area contributed by atoms with Crippen LogP contribution in [0.1, 0.15) is 13.8 Å². The molecule has 0 saturated carbocycles. The Hall–Kier alpha value is -2.37. The Morgan fingerprint density at radius 1 is 1.26 bits per heavy atom. The standard InChI is InChI=1S/C13H15FN4O/c1-8(2)19-10-5-3-9(4-6-10)17-13-16-7-11(14)12(15)18-13/h3-8H,1-2H3,(H3,15,16,17,18). The molecule has 0 saturated heterocycles. The van der Waals surface area contributed by atoms with Crippen molar-refractivity contribution in [2.45, 2.75) is 20.0 Å². The molecule has 100 valence electrons. The molecule has 0 aliphatic carbocycles. The Kier molecular flexibility index (Phi) is 3.79. The molecular weight excluding hydrogens is 247 g/mol.